The topological polar surface area (TPSA) is 108 Å². The van der Waals surface area contributed by atoms with E-state index in [-0.39, 0.29) is 0 Å². The van der Waals surface area contributed by atoms with Gasteiger partial charge in [0.05, 0.1) is 28.3 Å². The van der Waals surface area contributed by atoms with E-state index in [9.17, 15) is 0 Å². The quantitative estimate of drug-likeness (QED) is 0.158. The van der Waals surface area contributed by atoms with E-state index < -0.39 is 0 Å². The van der Waals surface area contributed by atoms with Crippen molar-refractivity contribution in [1.29, 1.82) is 0 Å². The summed E-state index contributed by atoms with van der Waals surface area (Å²) in [5, 5.41) is 12.8. The van der Waals surface area contributed by atoms with Gasteiger partial charge in [-0.1, -0.05) is 75.6 Å². The molecule has 0 amide bonds. The number of hydrogen-bond donors (Lipinski definition) is 4. The molecule has 2 aromatic carbocycles. The molecule has 3 aromatic heterocycles. The zero-order valence-corrected chi connectivity index (χ0v) is 24.1. The van der Waals surface area contributed by atoms with Crippen molar-refractivity contribution in [1.82, 2.24) is 25.1 Å². The average molecular weight is 556 g/mol. The van der Waals surface area contributed by atoms with E-state index in [4.69, 9.17) is 10.7 Å². The number of imidazole rings is 1. The second-order valence-corrected chi connectivity index (χ2v) is 11.3. The van der Waals surface area contributed by atoms with E-state index in [0.717, 1.165) is 73.3 Å². The van der Waals surface area contributed by atoms with Crippen LogP contribution in [0, 0.1) is 5.92 Å². The third-order valence-electron chi connectivity index (χ3n) is 8.11. The Morgan fingerprint density at radius 3 is 2.76 bits per heavy atom. The van der Waals surface area contributed by atoms with Crippen molar-refractivity contribution in [2.75, 3.05) is 11.1 Å². The first-order chi connectivity index (χ1) is 20.4. The van der Waals surface area contributed by atoms with Crippen molar-refractivity contribution in [3.8, 4) is 22.6 Å². The van der Waals surface area contributed by atoms with E-state index in [0.29, 0.717) is 11.5 Å². The van der Waals surface area contributed by atoms with Crippen LogP contribution in [-0.2, 0) is 0 Å². The number of fused-ring (bicyclic) bond motifs is 1. The van der Waals surface area contributed by atoms with Gasteiger partial charge in [0, 0.05) is 28.4 Å². The Morgan fingerprint density at radius 1 is 1.10 bits per heavy atom. The number of nitrogens with zero attached hydrogens (tertiary/aromatic N) is 3. The van der Waals surface area contributed by atoms with Gasteiger partial charge in [0.25, 0.3) is 0 Å². The number of anilines is 2. The molecule has 1 fully saturated rings. The minimum atomic E-state index is 0.666. The fraction of sp³-hybridized carbons (Fsp3) is 0.229. The minimum absolute atomic E-state index is 0.666. The van der Waals surface area contributed by atoms with Crippen LogP contribution in [0.25, 0.3) is 51.9 Å². The lowest BCUT2D eigenvalue weighted by atomic mass is 9.86. The standard InChI is InChI=1S/C35H37N7/c1-22(27-19-29(21-37-20-27)38-23(2)17-25-9-5-4-6-10-25)15-16-31-24(3)33(42-41-31)35-39-32-14-8-13-30(34(32)40-35)26-11-7-12-28(36)18-26/h7-8,11-16,18-21,25,38,41H,2-6,9-10,17,36H2,1H3,(H,39,40)/b22-15+,31-16+. The summed E-state index contributed by atoms with van der Waals surface area (Å²) in [5.41, 5.74) is 15.4. The Bertz CT molecular complexity index is 1890. The second kappa shape index (κ2) is 11.9. The fourth-order valence-electron chi connectivity index (χ4n) is 5.82. The lowest BCUT2D eigenvalue weighted by Gasteiger charge is -2.22. The maximum absolute atomic E-state index is 6.03. The molecular formula is C35H37N7. The van der Waals surface area contributed by atoms with E-state index in [2.05, 4.69) is 63.8 Å². The number of pyridine rings is 1. The molecule has 0 saturated heterocycles. The van der Waals surface area contributed by atoms with Gasteiger partial charge in [0.15, 0.2) is 5.82 Å². The van der Waals surface area contributed by atoms with Crippen LogP contribution in [0.4, 0.5) is 11.4 Å². The molecule has 5 N–H and O–H groups in total. The lowest BCUT2D eigenvalue weighted by Crippen LogP contribution is -2.21. The number of benzene rings is 2. The van der Waals surface area contributed by atoms with E-state index in [1.165, 1.54) is 32.1 Å². The first-order valence-corrected chi connectivity index (χ1v) is 14.6. The van der Waals surface area contributed by atoms with Crippen LogP contribution >= 0.6 is 0 Å². The van der Waals surface area contributed by atoms with Crippen LogP contribution in [0.15, 0.2) is 79.3 Å². The highest BCUT2D eigenvalue weighted by Gasteiger charge is 2.15. The van der Waals surface area contributed by atoms with Crippen molar-refractivity contribution in [3.05, 3.63) is 95.4 Å². The number of rotatable bonds is 8. The molecular weight excluding hydrogens is 518 g/mol. The summed E-state index contributed by atoms with van der Waals surface area (Å²) in [6.45, 7) is 10.7. The number of para-hydroxylation sites is 1. The smallest absolute Gasteiger partial charge is 0.159 e. The largest absolute Gasteiger partial charge is 0.399 e. The van der Waals surface area contributed by atoms with Crippen molar-refractivity contribution in [3.63, 3.8) is 0 Å². The number of allylic oxidation sites excluding steroid dienone is 3. The van der Waals surface area contributed by atoms with Gasteiger partial charge in [-0.05, 0) is 66.3 Å². The molecule has 212 valence electrons. The molecule has 0 bridgehead atoms. The zero-order chi connectivity index (χ0) is 29.1. The number of H-pyrrole nitrogens is 2. The molecule has 1 saturated carbocycles. The Hall–Kier alpha value is -4.91. The molecule has 0 unspecified atom stereocenters. The molecule has 3 heterocycles. The summed E-state index contributed by atoms with van der Waals surface area (Å²) < 4.78 is 0. The van der Waals surface area contributed by atoms with Gasteiger partial charge in [0.1, 0.15) is 5.69 Å². The predicted octanol–water partition coefficient (Wildman–Crippen LogP) is 6.79. The number of nitrogens with two attached hydrogens (primary N) is 1. The molecule has 7 nitrogen and oxygen atoms in total. The summed E-state index contributed by atoms with van der Waals surface area (Å²) in [5.74, 6) is 1.41. The Labute approximate surface area is 246 Å². The molecule has 7 heteroatoms. The van der Waals surface area contributed by atoms with E-state index in [1.54, 1.807) is 0 Å². The van der Waals surface area contributed by atoms with Gasteiger partial charge in [-0.2, -0.15) is 5.10 Å². The highest BCUT2D eigenvalue weighted by Crippen LogP contribution is 2.30. The number of hydrogen-bond acceptors (Lipinski definition) is 5. The Balaban J connectivity index is 1.22. The van der Waals surface area contributed by atoms with Crippen LogP contribution in [0.1, 0.15) is 51.0 Å². The highest BCUT2D eigenvalue weighted by atomic mass is 15.1. The molecule has 0 aliphatic heterocycles. The van der Waals surface area contributed by atoms with Crippen molar-refractivity contribution in [2.24, 2.45) is 5.92 Å². The van der Waals surface area contributed by atoms with Crippen molar-refractivity contribution in [2.45, 2.75) is 45.4 Å². The molecule has 0 radical (unpaired) electrons. The van der Waals surface area contributed by atoms with Gasteiger partial charge < -0.3 is 16.0 Å². The Morgan fingerprint density at radius 2 is 1.93 bits per heavy atom. The van der Waals surface area contributed by atoms with E-state index >= 15 is 0 Å². The minimum Gasteiger partial charge on any atom is -0.399 e. The molecule has 6 rings (SSSR count). The molecule has 0 atom stereocenters. The van der Waals surface area contributed by atoms with Crippen LogP contribution in [0.5, 0.6) is 0 Å². The lowest BCUT2D eigenvalue weighted by molar-refractivity contribution is 0.357. The molecule has 1 aliphatic rings. The summed E-state index contributed by atoms with van der Waals surface area (Å²) >= 11 is 0. The fourth-order valence-corrected chi connectivity index (χ4v) is 5.82. The number of nitrogens with one attached hydrogen (secondary N) is 3. The number of nitrogen functional groups attached to an aromatic ring is 1. The summed E-state index contributed by atoms with van der Waals surface area (Å²) in [7, 11) is 0. The third-order valence-corrected chi connectivity index (χ3v) is 8.11. The van der Waals surface area contributed by atoms with Gasteiger partial charge in [-0.25, -0.2) is 4.98 Å². The van der Waals surface area contributed by atoms with Crippen LogP contribution in [0.3, 0.4) is 0 Å². The molecule has 1 aliphatic carbocycles. The van der Waals surface area contributed by atoms with Crippen molar-refractivity contribution >= 4 is 40.6 Å². The normalized spacial score (nSPS) is 14.9. The summed E-state index contributed by atoms with van der Waals surface area (Å²) in [6.07, 6.45) is 15.5. The number of aromatic amines is 2. The first kappa shape index (κ1) is 27.3. The third kappa shape index (κ3) is 5.91. The zero-order valence-electron chi connectivity index (χ0n) is 24.1. The first-order valence-electron chi connectivity index (χ1n) is 14.6. The highest BCUT2D eigenvalue weighted by molar-refractivity contribution is 5.94. The van der Waals surface area contributed by atoms with Crippen LogP contribution in [-0.4, -0.2) is 25.1 Å². The second-order valence-electron chi connectivity index (χ2n) is 11.3. The summed E-state index contributed by atoms with van der Waals surface area (Å²) in [4.78, 5) is 12.8. The van der Waals surface area contributed by atoms with Crippen LogP contribution in [0.2, 0.25) is 0 Å². The van der Waals surface area contributed by atoms with E-state index in [1.807, 2.05) is 54.9 Å². The van der Waals surface area contributed by atoms with Crippen molar-refractivity contribution < 1.29 is 0 Å². The monoisotopic (exact) mass is 555 g/mol. The van der Waals surface area contributed by atoms with Gasteiger partial charge in [-0.3, -0.25) is 10.1 Å². The SMILES string of the molecule is C=C(CC1CCCCC1)Nc1cncc(/C(C)=C/C=c2/[nH]nc(-c3nc4c(-c5cccc(N)c5)cccc4[nH]3)c2=C)c1. The maximum atomic E-state index is 6.03. The Kier molecular flexibility index (Phi) is 7.73. The van der Waals surface area contributed by atoms with Gasteiger partial charge in [0.2, 0.25) is 0 Å². The summed E-state index contributed by atoms with van der Waals surface area (Å²) in [6, 6.07) is 16.0. The number of aromatic nitrogens is 5. The van der Waals surface area contributed by atoms with Crippen LogP contribution < -0.4 is 21.6 Å². The molecule has 0 spiro atoms. The maximum Gasteiger partial charge on any atom is 0.159 e. The average Bonchev–Trinajstić information content (AvgIpc) is 3.59. The predicted molar refractivity (Wildman–Crippen MR) is 175 cm³/mol. The molecule has 5 aromatic rings. The van der Waals surface area contributed by atoms with Gasteiger partial charge >= 0.3 is 0 Å². The molecule has 42 heavy (non-hydrogen) atoms. The van der Waals surface area contributed by atoms with Gasteiger partial charge in [-0.15, -0.1) is 0 Å².